The first-order valence-corrected chi connectivity index (χ1v) is 7.83. The molecule has 0 aromatic carbocycles. The zero-order valence-electron chi connectivity index (χ0n) is 11.6. The number of carbonyl (C=O) groups is 2. The molecule has 1 aromatic heterocycles. The Balaban J connectivity index is 2.15. The van der Waals surface area contributed by atoms with Crippen LogP contribution in [0.4, 0.5) is 5.00 Å². The molecule has 20 heavy (non-hydrogen) atoms. The number of hydrogen-bond donors (Lipinski definition) is 2. The minimum atomic E-state index is -0.343. The van der Waals surface area contributed by atoms with Crippen LogP contribution in [-0.4, -0.2) is 25.0 Å². The van der Waals surface area contributed by atoms with Gasteiger partial charge in [0, 0.05) is 6.42 Å². The predicted octanol–water partition coefficient (Wildman–Crippen LogP) is 2.48. The van der Waals surface area contributed by atoms with E-state index in [1.54, 1.807) is 6.92 Å². The third-order valence-electron chi connectivity index (χ3n) is 3.18. The summed E-state index contributed by atoms with van der Waals surface area (Å²) in [6.45, 7) is 2.59. The third kappa shape index (κ3) is 3.58. The summed E-state index contributed by atoms with van der Waals surface area (Å²) in [6, 6.07) is 0. The lowest BCUT2D eigenvalue weighted by molar-refractivity contribution is -0.116. The molecule has 5 nitrogen and oxygen atoms in total. The van der Waals surface area contributed by atoms with Gasteiger partial charge in [0.25, 0.3) is 0 Å². The van der Waals surface area contributed by atoms with E-state index in [1.165, 1.54) is 11.3 Å². The van der Waals surface area contributed by atoms with Gasteiger partial charge < -0.3 is 15.8 Å². The molecule has 1 saturated carbocycles. The average Bonchev–Trinajstić information content (AvgIpc) is 3.18. The van der Waals surface area contributed by atoms with E-state index in [9.17, 15) is 9.59 Å². The average molecular weight is 296 g/mol. The number of ether oxygens (including phenoxy) is 1. The second-order valence-electron chi connectivity index (χ2n) is 4.83. The SMILES string of the molecule is CCOC(=O)c1c(C2CC2)csc1NC(=O)CCCN. The van der Waals surface area contributed by atoms with Crippen LogP contribution in [0.5, 0.6) is 0 Å². The van der Waals surface area contributed by atoms with E-state index in [0.29, 0.717) is 42.5 Å². The van der Waals surface area contributed by atoms with Crippen molar-refractivity contribution in [2.45, 2.75) is 38.5 Å². The van der Waals surface area contributed by atoms with E-state index in [4.69, 9.17) is 10.5 Å². The molecule has 6 heteroatoms. The second-order valence-corrected chi connectivity index (χ2v) is 5.71. The Labute approximate surface area is 122 Å². The molecule has 0 spiro atoms. The van der Waals surface area contributed by atoms with Crippen LogP contribution >= 0.6 is 11.3 Å². The van der Waals surface area contributed by atoms with Gasteiger partial charge in [0.15, 0.2) is 0 Å². The van der Waals surface area contributed by atoms with E-state index in [1.807, 2.05) is 5.38 Å². The number of nitrogens with two attached hydrogens (primary N) is 1. The first kappa shape index (κ1) is 15.0. The zero-order valence-corrected chi connectivity index (χ0v) is 12.4. The molecule has 0 aliphatic heterocycles. The summed E-state index contributed by atoms with van der Waals surface area (Å²) in [5.41, 5.74) is 6.95. The van der Waals surface area contributed by atoms with Crippen molar-refractivity contribution in [3.8, 4) is 0 Å². The van der Waals surface area contributed by atoms with Crippen LogP contribution in [0.15, 0.2) is 5.38 Å². The van der Waals surface area contributed by atoms with Crippen LogP contribution in [0, 0.1) is 0 Å². The maximum absolute atomic E-state index is 12.1. The van der Waals surface area contributed by atoms with Gasteiger partial charge in [0.2, 0.25) is 5.91 Å². The minimum absolute atomic E-state index is 0.106. The summed E-state index contributed by atoms with van der Waals surface area (Å²) in [7, 11) is 0. The highest BCUT2D eigenvalue weighted by atomic mass is 32.1. The normalized spacial score (nSPS) is 14.1. The molecule has 0 atom stereocenters. The highest BCUT2D eigenvalue weighted by Crippen LogP contribution is 2.46. The van der Waals surface area contributed by atoms with Gasteiger partial charge in [-0.15, -0.1) is 11.3 Å². The fraction of sp³-hybridized carbons (Fsp3) is 0.571. The Morgan fingerprint density at radius 1 is 1.50 bits per heavy atom. The quantitative estimate of drug-likeness (QED) is 0.757. The van der Waals surface area contributed by atoms with Crippen LogP contribution in [0.3, 0.4) is 0 Å². The van der Waals surface area contributed by atoms with Gasteiger partial charge in [-0.25, -0.2) is 4.79 Å². The predicted molar refractivity (Wildman–Crippen MR) is 79.2 cm³/mol. The van der Waals surface area contributed by atoms with E-state index in [0.717, 1.165) is 18.4 Å². The first-order chi connectivity index (χ1) is 9.67. The van der Waals surface area contributed by atoms with E-state index < -0.39 is 0 Å². The van der Waals surface area contributed by atoms with Gasteiger partial charge in [-0.05, 0) is 49.6 Å². The monoisotopic (exact) mass is 296 g/mol. The Hall–Kier alpha value is -1.40. The topological polar surface area (TPSA) is 81.4 Å². The van der Waals surface area contributed by atoms with Gasteiger partial charge in [-0.3, -0.25) is 4.79 Å². The number of thiophene rings is 1. The molecule has 110 valence electrons. The van der Waals surface area contributed by atoms with Crippen LogP contribution in [0.2, 0.25) is 0 Å². The van der Waals surface area contributed by atoms with Crippen molar-refractivity contribution in [3.05, 3.63) is 16.5 Å². The fourth-order valence-electron chi connectivity index (χ4n) is 2.02. The zero-order chi connectivity index (χ0) is 14.5. The molecule has 1 aliphatic carbocycles. The molecular formula is C14H20N2O3S. The lowest BCUT2D eigenvalue weighted by Crippen LogP contribution is -2.16. The number of esters is 1. The molecule has 0 bridgehead atoms. The van der Waals surface area contributed by atoms with Crippen molar-refractivity contribution in [2.24, 2.45) is 5.73 Å². The Morgan fingerprint density at radius 3 is 2.85 bits per heavy atom. The smallest absolute Gasteiger partial charge is 0.341 e. The molecule has 1 fully saturated rings. The second kappa shape index (κ2) is 6.85. The summed E-state index contributed by atoms with van der Waals surface area (Å²) in [4.78, 5) is 23.9. The molecule has 0 unspecified atom stereocenters. The number of rotatable bonds is 7. The van der Waals surface area contributed by atoms with Crippen molar-refractivity contribution in [1.82, 2.24) is 0 Å². The van der Waals surface area contributed by atoms with Crippen molar-refractivity contribution < 1.29 is 14.3 Å². The van der Waals surface area contributed by atoms with Crippen molar-refractivity contribution in [3.63, 3.8) is 0 Å². The first-order valence-electron chi connectivity index (χ1n) is 6.95. The lowest BCUT2D eigenvalue weighted by atomic mass is 10.1. The summed E-state index contributed by atoms with van der Waals surface area (Å²) in [5.74, 6) is -0.00433. The fourth-order valence-corrected chi connectivity index (χ4v) is 3.07. The number of hydrogen-bond acceptors (Lipinski definition) is 5. The third-order valence-corrected chi connectivity index (χ3v) is 4.09. The molecule has 0 saturated heterocycles. The summed E-state index contributed by atoms with van der Waals surface area (Å²) in [5, 5.41) is 5.38. The molecule has 0 radical (unpaired) electrons. The number of anilines is 1. The molecule has 1 aromatic rings. The lowest BCUT2D eigenvalue weighted by Gasteiger charge is -2.08. The number of nitrogens with one attached hydrogen (secondary N) is 1. The maximum Gasteiger partial charge on any atom is 0.341 e. The Bertz CT molecular complexity index is 495. The van der Waals surface area contributed by atoms with Crippen molar-refractivity contribution >= 4 is 28.2 Å². The van der Waals surface area contributed by atoms with E-state index in [2.05, 4.69) is 5.32 Å². The highest BCUT2D eigenvalue weighted by molar-refractivity contribution is 7.15. The summed E-state index contributed by atoms with van der Waals surface area (Å²) in [6.07, 6.45) is 3.21. The van der Waals surface area contributed by atoms with Crippen LogP contribution in [0.1, 0.15) is 54.4 Å². The number of carbonyl (C=O) groups excluding carboxylic acids is 2. The molecule has 1 heterocycles. The Morgan fingerprint density at radius 2 is 2.25 bits per heavy atom. The van der Waals surface area contributed by atoms with Crippen molar-refractivity contribution in [2.75, 3.05) is 18.5 Å². The summed E-state index contributed by atoms with van der Waals surface area (Å²) >= 11 is 1.40. The van der Waals surface area contributed by atoms with E-state index in [-0.39, 0.29) is 11.9 Å². The van der Waals surface area contributed by atoms with Crippen LogP contribution in [0.25, 0.3) is 0 Å². The molecule has 2 rings (SSSR count). The van der Waals surface area contributed by atoms with Gasteiger partial charge >= 0.3 is 5.97 Å². The van der Waals surface area contributed by atoms with Gasteiger partial charge in [0.05, 0.1) is 12.2 Å². The highest BCUT2D eigenvalue weighted by Gasteiger charge is 2.32. The molecular weight excluding hydrogens is 276 g/mol. The standard InChI is InChI=1S/C14H20N2O3S/c1-2-19-14(18)12-10(9-5-6-9)8-20-13(12)16-11(17)4-3-7-15/h8-9H,2-7,15H2,1H3,(H,16,17). The van der Waals surface area contributed by atoms with Crippen LogP contribution < -0.4 is 11.1 Å². The molecule has 3 N–H and O–H groups in total. The Kier molecular flexibility index (Phi) is 5.14. The van der Waals surface area contributed by atoms with Crippen LogP contribution in [-0.2, 0) is 9.53 Å². The largest absolute Gasteiger partial charge is 0.462 e. The molecule has 1 aliphatic rings. The summed E-state index contributed by atoms with van der Waals surface area (Å²) < 4.78 is 5.10. The van der Waals surface area contributed by atoms with Gasteiger partial charge in [0.1, 0.15) is 5.00 Å². The van der Waals surface area contributed by atoms with Gasteiger partial charge in [-0.2, -0.15) is 0 Å². The van der Waals surface area contributed by atoms with Crippen molar-refractivity contribution in [1.29, 1.82) is 0 Å². The van der Waals surface area contributed by atoms with Gasteiger partial charge in [-0.1, -0.05) is 0 Å². The number of amides is 1. The minimum Gasteiger partial charge on any atom is -0.462 e. The van der Waals surface area contributed by atoms with E-state index >= 15 is 0 Å². The maximum atomic E-state index is 12.1. The molecule has 1 amide bonds.